The first-order valence-electron chi connectivity index (χ1n) is 10.5. The quantitative estimate of drug-likeness (QED) is 0.323. The van der Waals surface area contributed by atoms with Gasteiger partial charge in [-0.2, -0.15) is 0 Å². The summed E-state index contributed by atoms with van der Waals surface area (Å²) in [6.07, 6.45) is 1.46. The van der Waals surface area contributed by atoms with Crippen LogP contribution in [0.15, 0.2) is 70.9 Å². The predicted octanol–water partition coefficient (Wildman–Crippen LogP) is 5.05. The van der Waals surface area contributed by atoms with Crippen LogP contribution < -0.4 is 14.4 Å². The number of nitrogens with zero attached hydrogens (tertiary/aromatic N) is 1. The molecule has 1 amide bonds. The van der Waals surface area contributed by atoms with Crippen LogP contribution in [-0.4, -0.2) is 31.0 Å². The minimum atomic E-state index is -0.957. The first kappa shape index (κ1) is 22.2. The lowest BCUT2D eigenvalue weighted by molar-refractivity contribution is -0.132. The molecule has 33 heavy (non-hydrogen) atoms. The largest absolute Gasteiger partial charge is 0.507 e. The number of methoxy groups -OCH3 is 2. The third kappa shape index (κ3) is 3.75. The lowest BCUT2D eigenvalue weighted by Crippen LogP contribution is -2.29. The summed E-state index contributed by atoms with van der Waals surface area (Å²) in [5.74, 6) is -0.302. The molecule has 1 N–H and O–H groups in total. The average molecular weight is 447 g/mol. The Hall–Kier alpha value is -4.00. The lowest BCUT2D eigenvalue weighted by atomic mass is 9.95. The van der Waals surface area contributed by atoms with E-state index in [9.17, 15) is 14.7 Å². The first-order valence-corrected chi connectivity index (χ1v) is 10.5. The number of carbonyl (C=O) groups is 2. The summed E-state index contributed by atoms with van der Waals surface area (Å²) < 4.78 is 16.5. The van der Waals surface area contributed by atoms with E-state index in [1.165, 1.54) is 18.3 Å². The van der Waals surface area contributed by atoms with Crippen LogP contribution in [0.1, 0.15) is 42.7 Å². The Morgan fingerprint density at radius 2 is 1.73 bits per heavy atom. The number of para-hydroxylation sites is 2. The number of ketones is 1. The standard InChI is InChI=1S/C26H25NO6/c1-15(2)17-14-16(11-12-19(17)31-3)24(28)22-23(21-10-7-13-33-21)27(26(30)25(22)29)18-8-5-6-9-20(18)32-4/h5-15,23,28H,1-4H3/b24-22-. The number of aliphatic hydroxyl groups excluding tert-OH is 1. The second-order valence-electron chi connectivity index (χ2n) is 7.97. The highest BCUT2D eigenvalue weighted by Crippen LogP contribution is 2.45. The summed E-state index contributed by atoms with van der Waals surface area (Å²) in [5, 5.41) is 11.3. The van der Waals surface area contributed by atoms with E-state index in [1.54, 1.807) is 61.7 Å². The monoisotopic (exact) mass is 447 g/mol. The van der Waals surface area contributed by atoms with Gasteiger partial charge in [0.05, 0.1) is 31.7 Å². The summed E-state index contributed by atoms with van der Waals surface area (Å²) in [5.41, 5.74) is 1.63. The average Bonchev–Trinajstić information content (AvgIpc) is 3.45. The van der Waals surface area contributed by atoms with Gasteiger partial charge in [-0.1, -0.05) is 26.0 Å². The second kappa shape index (κ2) is 8.86. The van der Waals surface area contributed by atoms with Crippen molar-refractivity contribution in [3.8, 4) is 11.5 Å². The number of amides is 1. The molecule has 7 heteroatoms. The molecular formula is C26H25NO6. The Bertz CT molecular complexity index is 1230. The van der Waals surface area contributed by atoms with Crippen molar-refractivity contribution in [3.05, 3.63) is 83.3 Å². The van der Waals surface area contributed by atoms with Crippen LogP contribution in [0.4, 0.5) is 5.69 Å². The molecule has 0 saturated carbocycles. The van der Waals surface area contributed by atoms with Gasteiger partial charge in [-0.15, -0.1) is 0 Å². The molecular weight excluding hydrogens is 422 g/mol. The number of ether oxygens (including phenoxy) is 2. The fraction of sp³-hybridized carbons (Fsp3) is 0.231. The van der Waals surface area contributed by atoms with Gasteiger partial charge < -0.3 is 19.0 Å². The Kier molecular flexibility index (Phi) is 5.96. The van der Waals surface area contributed by atoms with E-state index in [-0.39, 0.29) is 17.3 Å². The number of benzene rings is 2. The number of anilines is 1. The number of aliphatic hydroxyl groups is 1. The van der Waals surface area contributed by atoms with E-state index >= 15 is 0 Å². The van der Waals surface area contributed by atoms with Crippen LogP contribution in [0.2, 0.25) is 0 Å². The van der Waals surface area contributed by atoms with Crippen molar-refractivity contribution in [1.29, 1.82) is 0 Å². The molecule has 0 spiro atoms. The Morgan fingerprint density at radius 1 is 1.00 bits per heavy atom. The third-order valence-corrected chi connectivity index (χ3v) is 5.73. The van der Waals surface area contributed by atoms with Crippen molar-refractivity contribution in [2.75, 3.05) is 19.1 Å². The van der Waals surface area contributed by atoms with Gasteiger partial charge in [0.15, 0.2) is 0 Å². The molecule has 1 atom stereocenters. The Morgan fingerprint density at radius 3 is 2.36 bits per heavy atom. The molecule has 1 aliphatic heterocycles. The Balaban J connectivity index is 1.94. The molecule has 2 heterocycles. The predicted molar refractivity (Wildman–Crippen MR) is 124 cm³/mol. The number of carbonyl (C=O) groups excluding carboxylic acids is 2. The maximum atomic E-state index is 13.2. The van der Waals surface area contributed by atoms with Crippen molar-refractivity contribution in [2.45, 2.75) is 25.8 Å². The van der Waals surface area contributed by atoms with E-state index in [2.05, 4.69) is 0 Å². The van der Waals surface area contributed by atoms with E-state index in [4.69, 9.17) is 13.9 Å². The molecule has 0 radical (unpaired) electrons. The molecule has 2 aromatic carbocycles. The molecule has 4 rings (SSSR count). The maximum absolute atomic E-state index is 13.2. The summed E-state index contributed by atoms with van der Waals surface area (Å²) in [6.45, 7) is 4.01. The zero-order chi connectivity index (χ0) is 23.7. The first-order chi connectivity index (χ1) is 15.9. The van der Waals surface area contributed by atoms with Crippen molar-refractivity contribution in [3.63, 3.8) is 0 Å². The minimum Gasteiger partial charge on any atom is -0.507 e. The van der Waals surface area contributed by atoms with Crippen LogP contribution in [0.5, 0.6) is 11.5 Å². The molecule has 1 aliphatic rings. The molecule has 1 aromatic heterocycles. The molecule has 0 aliphatic carbocycles. The van der Waals surface area contributed by atoms with Gasteiger partial charge in [-0.05, 0) is 53.9 Å². The van der Waals surface area contributed by atoms with Gasteiger partial charge in [0.2, 0.25) is 0 Å². The lowest BCUT2D eigenvalue weighted by Gasteiger charge is -2.25. The van der Waals surface area contributed by atoms with E-state index < -0.39 is 17.7 Å². The molecule has 0 bridgehead atoms. The van der Waals surface area contributed by atoms with Crippen LogP contribution in [0.3, 0.4) is 0 Å². The van der Waals surface area contributed by atoms with Crippen LogP contribution >= 0.6 is 0 Å². The summed E-state index contributed by atoms with van der Waals surface area (Å²) in [4.78, 5) is 27.8. The summed E-state index contributed by atoms with van der Waals surface area (Å²) >= 11 is 0. The number of hydrogen-bond acceptors (Lipinski definition) is 6. The topological polar surface area (TPSA) is 89.2 Å². The fourth-order valence-corrected chi connectivity index (χ4v) is 4.11. The van der Waals surface area contributed by atoms with Crippen molar-refractivity contribution < 1.29 is 28.6 Å². The van der Waals surface area contributed by atoms with Crippen molar-refractivity contribution >= 4 is 23.1 Å². The summed E-state index contributed by atoms with van der Waals surface area (Å²) in [6, 6.07) is 14.5. The van der Waals surface area contributed by atoms with Crippen molar-refractivity contribution in [1.82, 2.24) is 0 Å². The number of furan rings is 1. The zero-order valence-electron chi connectivity index (χ0n) is 18.9. The molecule has 1 saturated heterocycles. The van der Waals surface area contributed by atoms with Crippen LogP contribution in [-0.2, 0) is 9.59 Å². The van der Waals surface area contributed by atoms with E-state index in [0.717, 1.165) is 5.56 Å². The van der Waals surface area contributed by atoms with Gasteiger partial charge >= 0.3 is 0 Å². The number of rotatable bonds is 6. The number of Topliss-reactive ketones (excluding diaryl/α,β-unsaturated/α-hetero) is 1. The maximum Gasteiger partial charge on any atom is 0.300 e. The highest BCUT2D eigenvalue weighted by atomic mass is 16.5. The van der Waals surface area contributed by atoms with Gasteiger partial charge in [0.25, 0.3) is 11.7 Å². The fourth-order valence-electron chi connectivity index (χ4n) is 4.11. The zero-order valence-corrected chi connectivity index (χ0v) is 18.9. The Labute approximate surface area is 191 Å². The SMILES string of the molecule is COc1ccc(/C(O)=C2/C(=O)C(=O)N(c3ccccc3OC)C2c2ccco2)cc1C(C)C. The minimum absolute atomic E-state index is 0.0549. The van der Waals surface area contributed by atoms with Crippen molar-refractivity contribution in [2.24, 2.45) is 0 Å². The van der Waals surface area contributed by atoms with Crippen LogP contribution in [0, 0.1) is 0 Å². The van der Waals surface area contributed by atoms with E-state index in [1.807, 2.05) is 13.8 Å². The van der Waals surface area contributed by atoms with Gasteiger partial charge in [0.1, 0.15) is 29.1 Å². The second-order valence-corrected chi connectivity index (χ2v) is 7.97. The molecule has 1 unspecified atom stereocenters. The van der Waals surface area contributed by atoms with Gasteiger partial charge in [-0.3, -0.25) is 14.5 Å². The highest BCUT2D eigenvalue weighted by molar-refractivity contribution is 6.51. The third-order valence-electron chi connectivity index (χ3n) is 5.73. The summed E-state index contributed by atoms with van der Waals surface area (Å²) in [7, 11) is 3.07. The normalized spacial score (nSPS) is 17.6. The van der Waals surface area contributed by atoms with E-state index in [0.29, 0.717) is 28.5 Å². The molecule has 1 fully saturated rings. The van der Waals surface area contributed by atoms with Gasteiger partial charge in [0, 0.05) is 5.56 Å². The van der Waals surface area contributed by atoms with Crippen LogP contribution in [0.25, 0.3) is 5.76 Å². The number of hydrogen-bond donors (Lipinski definition) is 1. The molecule has 3 aromatic rings. The molecule has 7 nitrogen and oxygen atoms in total. The molecule has 170 valence electrons. The highest BCUT2D eigenvalue weighted by Gasteiger charge is 2.49. The smallest absolute Gasteiger partial charge is 0.300 e. The van der Waals surface area contributed by atoms with Gasteiger partial charge in [-0.25, -0.2) is 0 Å².